The summed E-state index contributed by atoms with van der Waals surface area (Å²) in [4.78, 5) is 19.0. The van der Waals surface area contributed by atoms with Crippen LogP contribution in [0.25, 0.3) is 22.1 Å². The Bertz CT molecular complexity index is 1400. The number of alkyl halides is 3. The highest BCUT2D eigenvalue weighted by Crippen LogP contribution is 2.38. The highest BCUT2D eigenvalue weighted by atomic mass is 19.4. The molecule has 38 heavy (non-hydrogen) atoms. The van der Waals surface area contributed by atoms with E-state index in [4.69, 9.17) is 0 Å². The summed E-state index contributed by atoms with van der Waals surface area (Å²) in [6, 6.07) is 6.85. The lowest BCUT2D eigenvalue weighted by Crippen LogP contribution is -2.26. The second-order valence-corrected chi connectivity index (χ2v) is 11.1. The number of fused-ring (bicyclic) bond motifs is 2. The molecule has 0 aliphatic heterocycles. The van der Waals surface area contributed by atoms with E-state index in [1.165, 1.54) is 31.7 Å². The van der Waals surface area contributed by atoms with Crippen LogP contribution in [0.2, 0.25) is 0 Å². The minimum atomic E-state index is -4.34. The standard InChI is InChI=1S/C28H34F3N7/c1-37(12-3-2-4-25-35-23-10-6-19(28(29,30)31)15-24(23)36-25)16-18-5-9-21(14-18)38-13-11-22-26(34-20-7-8-20)32-17-33-27(22)38/h6,10-11,13,15,17-18,20-21H,2-5,7-9,12,14,16H2,1H3,(H,35,36)(H,32,33,34)/t18-,21+/m1/s1. The Labute approximate surface area is 219 Å². The Morgan fingerprint density at radius 2 is 1.97 bits per heavy atom. The van der Waals surface area contributed by atoms with Crippen molar-refractivity contribution < 1.29 is 13.2 Å². The van der Waals surface area contributed by atoms with Crippen LogP contribution in [-0.4, -0.2) is 55.6 Å². The zero-order chi connectivity index (χ0) is 26.3. The molecule has 0 amide bonds. The van der Waals surface area contributed by atoms with E-state index >= 15 is 0 Å². The molecular weight excluding hydrogens is 491 g/mol. The van der Waals surface area contributed by atoms with E-state index in [9.17, 15) is 13.2 Å². The van der Waals surface area contributed by atoms with E-state index in [0.717, 1.165) is 73.6 Å². The summed E-state index contributed by atoms with van der Waals surface area (Å²) >= 11 is 0. The number of halogens is 3. The third-order valence-corrected chi connectivity index (χ3v) is 7.97. The number of nitrogens with one attached hydrogen (secondary N) is 2. The van der Waals surface area contributed by atoms with Gasteiger partial charge in [-0.25, -0.2) is 15.0 Å². The monoisotopic (exact) mass is 525 g/mol. The Kier molecular flexibility index (Phi) is 6.75. The van der Waals surface area contributed by atoms with Crippen molar-refractivity contribution in [3.8, 4) is 0 Å². The molecule has 0 bridgehead atoms. The van der Waals surface area contributed by atoms with Gasteiger partial charge in [0.05, 0.1) is 22.0 Å². The van der Waals surface area contributed by atoms with E-state index in [-0.39, 0.29) is 0 Å². The van der Waals surface area contributed by atoms with Gasteiger partial charge in [0.15, 0.2) is 0 Å². The lowest BCUT2D eigenvalue weighted by molar-refractivity contribution is -0.137. The number of nitrogens with zero attached hydrogens (tertiary/aromatic N) is 5. The lowest BCUT2D eigenvalue weighted by atomic mass is 10.1. The average molecular weight is 526 g/mol. The number of imidazole rings is 1. The van der Waals surface area contributed by atoms with Gasteiger partial charge in [0.1, 0.15) is 23.6 Å². The van der Waals surface area contributed by atoms with E-state index < -0.39 is 11.7 Å². The number of rotatable bonds is 10. The molecular formula is C28H34F3N7. The first-order valence-corrected chi connectivity index (χ1v) is 13.7. The van der Waals surface area contributed by atoms with Gasteiger partial charge in [-0.15, -0.1) is 0 Å². The summed E-state index contributed by atoms with van der Waals surface area (Å²) in [5, 5.41) is 4.64. The van der Waals surface area contributed by atoms with E-state index in [2.05, 4.69) is 54.0 Å². The number of aromatic amines is 1. The second-order valence-electron chi connectivity index (χ2n) is 11.1. The van der Waals surface area contributed by atoms with E-state index in [1.54, 1.807) is 6.33 Å². The third kappa shape index (κ3) is 5.50. The quantitative estimate of drug-likeness (QED) is 0.241. The van der Waals surface area contributed by atoms with Gasteiger partial charge >= 0.3 is 6.18 Å². The molecule has 3 aromatic heterocycles. The van der Waals surface area contributed by atoms with Gasteiger partial charge in [-0.05, 0) is 88.7 Å². The van der Waals surface area contributed by atoms with Crippen LogP contribution in [-0.2, 0) is 12.6 Å². The van der Waals surface area contributed by atoms with Crippen LogP contribution in [0, 0.1) is 5.92 Å². The fourth-order valence-corrected chi connectivity index (χ4v) is 5.83. The number of unbranched alkanes of at least 4 members (excludes halogenated alkanes) is 1. The number of aryl methyl sites for hydroxylation is 1. The summed E-state index contributed by atoms with van der Waals surface area (Å²) in [5.41, 5.74) is 1.41. The smallest absolute Gasteiger partial charge is 0.367 e. The molecule has 2 atom stereocenters. The molecule has 2 N–H and O–H groups in total. The summed E-state index contributed by atoms with van der Waals surface area (Å²) in [6.07, 6.45) is 8.17. The Hall–Kier alpha value is -3.14. The maximum atomic E-state index is 13.0. The largest absolute Gasteiger partial charge is 0.416 e. The first-order valence-electron chi connectivity index (χ1n) is 13.7. The zero-order valence-corrected chi connectivity index (χ0v) is 21.6. The molecule has 2 saturated carbocycles. The number of benzene rings is 1. The number of anilines is 1. The molecule has 2 fully saturated rings. The highest BCUT2D eigenvalue weighted by Gasteiger charge is 2.31. The number of H-pyrrole nitrogens is 1. The van der Waals surface area contributed by atoms with Crippen molar-refractivity contribution in [1.29, 1.82) is 0 Å². The van der Waals surface area contributed by atoms with Crippen LogP contribution in [0.3, 0.4) is 0 Å². The minimum Gasteiger partial charge on any atom is -0.367 e. The first kappa shape index (κ1) is 25.2. The maximum Gasteiger partial charge on any atom is 0.416 e. The molecule has 2 aliphatic rings. The topological polar surface area (TPSA) is 74.7 Å². The fraction of sp³-hybridized carbons (Fsp3) is 0.536. The van der Waals surface area contributed by atoms with Crippen molar-refractivity contribution in [2.75, 3.05) is 25.5 Å². The summed E-state index contributed by atoms with van der Waals surface area (Å²) in [7, 11) is 2.18. The number of hydrogen-bond acceptors (Lipinski definition) is 5. The minimum absolute atomic E-state index is 0.445. The van der Waals surface area contributed by atoms with Crippen molar-refractivity contribution in [2.45, 2.75) is 69.6 Å². The van der Waals surface area contributed by atoms with Crippen LogP contribution < -0.4 is 5.32 Å². The van der Waals surface area contributed by atoms with Crippen LogP contribution in [0.5, 0.6) is 0 Å². The van der Waals surface area contributed by atoms with Gasteiger partial charge < -0.3 is 19.8 Å². The Morgan fingerprint density at radius 1 is 1.11 bits per heavy atom. The van der Waals surface area contributed by atoms with Gasteiger partial charge in [0.25, 0.3) is 0 Å². The molecule has 10 heteroatoms. The number of aromatic nitrogens is 5. The molecule has 2 aliphatic carbocycles. The van der Waals surface area contributed by atoms with Crippen molar-refractivity contribution in [1.82, 2.24) is 29.4 Å². The average Bonchev–Trinajstić information content (AvgIpc) is 3.26. The summed E-state index contributed by atoms with van der Waals surface area (Å²) < 4.78 is 41.2. The Morgan fingerprint density at radius 3 is 2.79 bits per heavy atom. The molecule has 0 spiro atoms. The molecule has 3 heterocycles. The summed E-state index contributed by atoms with van der Waals surface area (Å²) in [6.45, 7) is 2.07. The maximum absolute atomic E-state index is 13.0. The van der Waals surface area contributed by atoms with Crippen LogP contribution >= 0.6 is 0 Å². The van der Waals surface area contributed by atoms with Crippen LogP contribution in [0.1, 0.15) is 62.4 Å². The molecule has 4 aromatic rings. The Balaban J connectivity index is 0.967. The first-order chi connectivity index (χ1) is 18.3. The highest BCUT2D eigenvalue weighted by molar-refractivity contribution is 5.87. The summed E-state index contributed by atoms with van der Waals surface area (Å²) in [5.74, 6) is 2.37. The predicted molar refractivity (Wildman–Crippen MR) is 142 cm³/mol. The van der Waals surface area contributed by atoms with Gasteiger partial charge in [-0.1, -0.05) is 0 Å². The SMILES string of the molecule is CN(CCCCc1nc2ccc(C(F)(F)F)cc2[nH]1)C[C@@H]1CC[C@H](n2ccc3c(NC4CC4)ncnc32)C1. The molecule has 202 valence electrons. The molecule has 6 rings (SSSR count). The van der Waals surface area contributed by atoms with E-state index in [1.807, 2.05) is 0 Å². The second kappa shape index (κ2) is 10.2. The molecule has 7 nitrogen and oxygen atoms in total. The van der Waals surface area contributed by atoms with Gasteiger partial charge in [0, 0.05) is 31.2 Å². The lowest BCUT2D eigenvalue weighted by Gasteiger charge is -2.21. The van der Waals surface area contributed by atoms with E-state index in [0.29, 0.717) is 29.0 Å². The molecule has 1 aromatic carbocycles. The van der Waals surface area contributed by atoms with Crippen molar-refractivity contribution >= 4 is 27.9 Å². The van der Waals surface area contributed by atoms with Crippen molar-refractivity contribution in [2.24, 2.45) is 5.92 Å². The van der Waals surface area contributed by atoms with Crippen LogP contribution in [0.15, 0.2) is 36.8 Å². The van der Waals surface area contributed by atoms with Gasteiger partial charge in [0.2, 0.25) is 0 Å². The molecule has 0 unspecified atom stereocenters. The van der Waals surface area contributed by atoms with Gasteiger partial charge in [-0.2, -0.15) is 13.2 Å². The molecule has 0 radical (unpaired) electrons. The van der Waals surface area contributed by atoms with Crippen molar-refractivity contribution in [3.05, 3.63) is 48.2 Å². The fourth-order valence-electron chi connectivity index (χ4n) is 5.83. The normalized spacial score (nSPS) is 20.2. The zero-order valence-electron chi connectivity index (χ0n) is 21.6. The predicted octanol–water partition coefficient (Wildman–Crippen LogP) is 6.20. The van der Waals surface area contributed by atoms with Crippen LogP contribution in [0.4, 0.5) is 19.0 Å². The molecule has 0 saturated heterocycles. The van der Waals surface area contributed by atoms with Gasteiger partial charge in [-0.3, -0.25) is 0 Å². The van der Waals surface area contributed by atoms with Crippen molar-refractivity contribution in [3.63, 3.8) is 0 Å². The third-order valence-electron chi connectivity index (χ3n) is 7.97. The number of hydrogen-bond donors (Lipinski definition) is 2.